The highest BCUT2D eigenvalue weighted by molar-refractivity contribution is 7.99. The van der Waals surface area contributed by atoms with Gasteiger partial charge in [0.2, 0.25) is 10.0 Å². The molecule has 3 N–H and O–H groups in total. The number of hydrogen-bond acceptors (Lipinski definition) is 5. The zero-order chi connectivity index (χ0) is 17.3. The summed E-state index contributed by atoms with van der Waals surface area (Å²) in [4.78, 5) is 19.5. The molecule has 0 atom stereocenters. The summed E-state index contributed by atoms with van der Waals surface area (Å²) < 4.78 is 22.9. The van der Waals surface area contributed by atoms with E-state index in [-0.39, 0.29) is 27.0 Å². The Bertz CT molecular complexity index is 998. The third-order valence-corrected chi connectivity index (χ3v) is 5.53. The van der Waals surface area contributed by atoms with Crippen molar-refractivity contribution < 1.29 is 13.2 Å². The maximum absolute atomic E-state index is 12.3. The molecule has 0 spiro atoms. The number of carbonyl (C=O) groups excluding carboxylic acids is 1. The smallest absolute Gasteiger partial charge is 0.239 e. The lowest BCUT2D eigenvalue weighted by Crippen LogP contribution is -2.14. The standard InChI is InChI=1S/C15H12ClN3O3S2/c16-10-6-5-9(7-14(10)24(17,21)22)13(20)8-23-15-18-11-3-1-2-4-12(11)19-15/h1-7H,8H2,(H,18,19)(H2,17,21,22). The largest absolute Gasteiger partial charge is 0.333 e. The molecular formula is C15H12ClN3O3S2. The Kier molecular flexibility index (Phi) is 4.64. The van der Waals surface area contributed by atoms with E-state index in [4.69, 9.17) is 16.7 Å². The average molecular weight is 382 g/mol. The first-order valence-electron chi connectivity index (χ1n) is 6.78. The first-order chi connectivity index (χ1) is 11.3. The van der Waals surface area contributed by atoms with E-state index in [0.29, 0.717) is 5.16 Å². The van der Waals surface area contributed by atoms with Gasteiger partial charge in [-0.1, -0.05) is 35.5 Å². The van der Waals surface area contributed by atoms with Crippen LogP contribution in [-0.4, -0.2) is 29.9 Å². The molecule has 3 rings (SSSR count). The van der Waals surface area contributed by atoms with Gasteiger partial charge in [0.1, 0.15) is 4.90 Å². The average Bonchev–Trinajstić information content (AvgIpc) is 2.94. The fourth-order valence-electron chi connectivity index (χ4n) is 2.11. The third-order valence-electron chi connectivity index (χ3n) is 3.27. The highest BCUT2D eigenvalue weighted by Gasteiger charge is 2.17. The van der Waals surface area contributed by atoms with E-state index in [1.165, 1.54) is 30.0 Å². The van der Waals surface area contributed by atoms with Crippen LogP contribution in [0.15, 0.2) is 52.5 Å². The van der Waals surface area contributed by atoms with E-state index < -0.39 is 10.0 Å². The first kappa shape index (κ1) is 17.0. The van der Waals surface area contributed by atoms with Crippen LogP contribution in [0, 0.1) is 0 Å². The lowest BCUT2D eigenvalue weighted by atomic mass is 10.1. The highest BCUT2D eigenvalue weighted by atomic mass is 35.5. The number of benzene rings is 2. The van der Waals surface area contributed by atoms with Crippen molar-refractivity contribution in [2.75, 3.05) is 5.75 Å². The van der Waals surface area contributed by atoms with E-state index in [2.05, 4.69) is 9.97 Å². The molecule has 0 saturated heterocycles. The summed E-state index contributed by atoms with van der Waals surface area (Å²) in [6.45, 7) is 0. The molecule has 0 saturated carbocycles. The predicted octanol–water partition coefficient (Wildman–Crippen LogP) is 2.84. The number of primary sulfonamides is 1. The number of fused-ring (bicyclic) bond motifs is 1. The van der Waals surface area contributed by atoms with Crippen molar-refractivity contribution in [3.8, 4) is 0 Å². The fourth-order valence-corrected chi connectivity index (χ4v) is 3.96. The number of Topliss-reactive ketones (excluding diaryl/α,β-unsaturated/α-hetero) is 1. The molecule has 1 heterocycles. The SMILES string of the molecule is NS(=O)(=O)c1cc(C(=O)CSc2nc3ccccc3[nH]2)ccc1Cl. The fraction of sp³-hybridized carbons (Fsp3) is 0.0667. The molecular weight excluding hydrogens is 370 g/mol. The predicted molar refractivity (Wildman–Crippen MR) is 94.0 cm³/mol. The number of nitrogens with two attached hydrogens (primary N) is 1. The lowest BCUT2D eigenvalue weighted by molar-refractivity contribution is 0.102. The third kappa shape index (κ3) is 3.62. The second-order valence-electron chi connectivity index (χ2n) is 4.96. The maximum atomic E-state index is 12.3. The number of sulfonamides is 1. The number of halogens is 1. The van der Waals surface area contributed by atoms with Gasteiger partial charge in [0.15, 0.2) is 10.9 Å². The van der Waals surface area contributed by atoms with Crippen molar-refractivity contribution in [3.63, 3.8) is 0 Å². The number of nitrogens with zero attached hydrogens (tertiary/aromatic N) is 1. The van der Waals surface area contributed by atoms with Crippen molar-refractivity contribution in [3.05, 3.63) is 53.1 Å². The monoisotopic (exact) mass is 381 g/mol. The minimum Gasteiger partial charge on any atom is -0.333 e. The molecule has 0 aliphatic rings. The molecule has 124 valence electrons. The van der Waals surface area contributed by atoms with Crippen molar-refractivity contribution in [2.24, 2.45) is 5.14 Å². The number of imidazole rings is 1. The van der Waals surface area contributed by atoms with E-state index in [1.54, 1.807) is 0 Å². The number of rotatable bonds is 5. The number of carbonyl (C=O) groups is 1. The summed E-state index contributed by atoms with van der Waals surface area (Å²) in [7, 11) is -3.98. The molecule has 3 aromatic rings. The quantitative estimate of drug-likeness (QED) is 0.522. The molecule has 9 heteroatoms. The summed E-state index contributed by atoms with van der Waals surface area (Å²) in [6.07, 6.45) is 0. The zero-order valence-electron chi connectivity index (χ0n) is 12.2. The normalized spacial score (nSPS) is 11.8. The Hall–Kier alpha value is -1.87. The first-order valence-corrected chi connectivity index (χ1v) is 9.69. The van der Waals surface area contributed by atoms with Crippen molar-refractivity contribution in [2.45, 2.75) is 10.1 Å². The van der Waals surface area contributed by atoms with Crippen LogP contribution in [0.25, 0.3) is 11.0 Å². The van der Waals surface area contributed by atoms with Gasteiger partial charge >= 0.3 is 0 Å². The number of aromatic amines is 1. The van der Waals surface area contributed by atoms with Crippen LogP contribution in [0.4, 0.5) is 0 Å². The van der Waals surface area contributed by atoms with Gasteiger partial charge in [-0.05, 0) is 30.3 Å². The Morgan fingerprint density at radius 3 is 2.71 bits per heavy atom. The molecule has 24 heavy (non-hydrogen) atoms. The molecule has 2 aromatic carbocycles. The van der Waals surface area contributed by atoms with Gasteiger partial charge in [0.05, 0.1) is 21.8 Å². The Morgan fingerprint density at radius 1 is 1.25 bits per heavy atom. The molecule has 0 aliphatic heterocycles. The maximum Gasteiger partial charge on any atom is 0.239 e. The van der Waals surface area contributed by atoms with Gasteiger partial charge in [-0.3, -0.25) is 4.79 Å². The van der Waals surface area contributed by atoms with Crippen LogP contribution in [0.5, 0.6) is 0 Å². The molecule has 0 radical (unpaired) electrons. The minimum atomic E-state index is -3.98. The summed E-state index contributed by atoms with van der Waals surface area (Å²) in [5, 5.41) is 5.69. The number of thioether (sulfide) groups is 1. The Labute approximate surface area is 147 Å². The number of para-hydroxylation sites is 2. The van der Waals surface area contributed by atoms with Gasteiger partial charge in [0.25, 0.3) is 0 Å². The molecule has 6 nitrogen and oxygen atoms in total. The lowest BCUT2D eigenvalue weighted by Gasteiger charge is -2.05. The number of ketones is 1. The van der Waals surface area contributed by atoms with Crippen LogP contribution in [0.3, 0.4) is 0 Å². The second kappa shape index (κ2) is 6.56. The van der Waals surface area contributed by atoms with Crippen LogP contribution in [0.2, 0.25) is 5.02 Å². The molecule has 0 unspecified atom stereocenters. The van der Waals surface area contributed by atoms with Gasteiger partial charge in [0, 0.05) is 5.56 Å². The van der Waals surface area contributed by atoms with Gasteiger partial charge in [-0.25, -0.2) is 18.5 Å². The van der Waals surface area contributed by atoms with Crippen LogP contribution in [-0.2, 0) is 10.0 Å². The Balaban J connectivity index is 1.77. The van der Waals surface area contributed by atoms with Crippen LogP contribution >= 0.6 is 23.4 Å². The van der Waals surface area contributed by atoms with E-state index in [0.717, 1.165) is 11.0 Å². The van der Waals surface area contributed by atoms with E-state index >= 15 is 0 Å². The topological polar surface area (TPSA) is 106 Å². The zero-order valence-corrected chi connectivity index (χ0v) is 14.6. The van der Waals surface area contributed by atoms with Gasteiger partial charge in [-0.15, -0.1) is 0 Å². The summed E-state index contributed by atoms with van der Waals surface area (Å²) in [5.74, 6) is -0.145. The number of nitrogens with one attached hydrogen (secondary N) is 1. The van der Waals surface area contributed by atoms with E-state index in [9.17, 15) is 13.2 Å². The molecule has 0 aliphatic carbocycles. The minimum absolute atomic E-state index is 0.0148. The van der Waals surface area contributed by atoms with Gasteiger partial charge in [-0.2, -0.15) is 0 Å². The van der Waals surface area contributed by atoms with Crippen molar-refractivity contribution in [1.82, 2.24) is 9.97 Å². The highest BCUT2D eigenvalue weighted by Crippen LogP contribution is 2.24. The van der Waals surface area contributed by atoms with Crippen molar-refractivity contribution >= 4 is 50.2 Å². The second-order valence-corrected chi connectivity index (χ2v) is 7.86. The summed E-state index contributed by atoms with van der Waals surface area (Å²) in [5.41, 5.74) is 1.93. The molecule has 0 bridgehead atoms. The number of hydrogen-bond donors (Lipinski definition) is 2. The molecule has 0 amide bonds. The number of aromatic nitrogens is 2. The van der Waals surface area contributed by atoms with Crippen LogP contribution in [0.1, 0.15) is 10.4 Å². The Morgan fingerprint density at radius 2 is 2.00 bits per heavy atom. The summed E-state index contributed by atoms with van der Waals surface area (Å²) in [6, 6.07) is 11.5. The molecule has 0 fully saturated rings. The van der Waals surface area contributed by atoms with Crippen molar-refractivity contribution in [1.29, 1.82) is 0 Å². The number of H-pyrrole nitrogens is 1. The van der Waals surface area contributed by atoms with Gasteiger partial charge < -0.3 is 4.98 Å². The van der Waals surface area contributed by atoms with E-state index in [1.807, 2.05) is 24.3 Å². The molecule has 1 aromatic heterocycles. The summed E-state index contributed by atoms with van der Waals surface area (Å²) >= 11 is 7.05. The van der Waals surface area contributed by atoms with Crippen LogP contribution < -0.4 is 5.14 Å².